The summed E-state index contributed by atoms with van der Waals surface area (Å²) in [4.78, 5) is 19.7. The fraction of sp³-hybridized carbons (Fsp3) is 0.480. The lowest BCUT2D eigenvalue weighted by Gasteiger charge is -2.43. The molecule has 1 atom stereocenters. The number of hydrogen-bond acceptors (Lipinski definition) is 5. The van der Waals surface area contributed by atoms with Crippen molar-refractivity contribution in [2.24, 2.45) is 0 Å². The molecule has 0 N–H and O–H groups in total. The number of hydrogen-bond donors (Lipinski definition) is 0. The van der Waals surface area contributed by atoms with Crippen LogP contribution in [0.25, 0.3) is 0 Å². The molecule has 2 aromatic carbocycles. The summed E-state index contributed by atoms with van der Waals surface area (Å²) in [6.45, 7) is 7.51. The van der Waals surface area contributed by atoms with Crippen LogP contribution in [0.3, 0.4) is 0 Å². The van der Waals surface area contributed by atoms with Gasteiger partial charge in [0.15, 0.2) is 6.61 Å². The zero-order valence-corrected chi connectivity index (χ0v) is 19.3. The van der Waals surface area contributed by atoms with Crippen LogP contribution in [0.5, 0.6) is 11.5 Å². The molecule has 172 valence electrons. The van der Waals surface area contributed by atoms with E-state index in [0.29, 0.717) is 23.4 Å². The standard InChI is InChI=1S/C25H32ClN3O3/c26-21-8-10-24(11-9-21)32-20-25(30)29-12-4-5-22(19-29)28-15-13-27(14-16-28)17-18-31-23-6-2-1-3-7-23/h1-3,6-11,22H,4-5,12-20H2. The summed E-state index contributed by atoms with van der Waals surface area (Å²) in [5, 5.41) is 0.659. The molecule has 4 rings (SSSR count). The third-order valence-electron chi connectivity index (χ3n) is 6.27. The molecule has 1 amide bonds. The van der Waals surface area contributed by atoms with E-state index in [9.17, 15) is 4.79 Å². The Kier molecular flexibility index (Phi) is 8.26. The van der Waals surface area contributed by atoms with Gasteiger partial charge in [-0.15, -0.1) is 0 Å². The molecular formula is C25H32ClN3O3. The van der Waals surface area contributed by atoms with Crippen LogP contribution in [-0.4, -0.2) is 85.7 Å². The molecule has 2 aliphatic rings. The number of piperidine rings is 1. The van der Waals surface area contributed by atoms with Gasteiger partial charge in [0.25, 0.3) is 5.91 Å². The Balaban J connectivity index is 1.17. The van der Waals surface area contributed by atoms with Crippen LogP contribution >= 0.6 is 11.6 Å². The number of carbonyl (C=O) groups excluding carboxylic acids is 1. The van der Waals surface area contributed by atoms with Crippen LogP contribution in [0.15, 0.2) is 54.6 Å². The number of amides is 1. The van der Waals surface area contributed by atoms with Gasteiger partial charge in [-0.2, -0.15) is 0 Å². The van der Waals surface area contributed by atoms with Gasteiger partial charge < -0.3 is 14.4 Å². The van der Waals surface area contributed by atoms with Crippen LogP contribution in [-0.2, 0) is 4.79 Å². The Morgan fingerprint density at radius 1 is 0.906 bits per heavy atom. The topological polar surface area (TPSA) is 45.2 Å². The third kappa shape index (κ3) is 6.61. The van der Waals surface area contributed by atoms with Crippen LogP contribution in [0.4, 0.5) is 0 Å². The van der Waals surface area contributed by atoms with E-state index in [-0.39, 0.29) is 12.5 Å². The number of nitrogens with zero attached hydrogens (tertiary/aromatic N) is 3. The molecule has 1 unspecified atom stereocenters. The highest BCUT2D eigenvalue weighted by Crippen LogP contribution is 2.19. The van der Waals surface area contributed by atoms with Crippen molar-refractivity contribution in [3.63, 3.8) is 0 Å². The second-order valence-electron chi connectivity index (χ2n) is 8.42. The molecular weight excluding hydrogens is 426 g/mol. The average Bonchev–Trinajstić information content (AvgIpc) is 2.85. The summed E-state index contributed by atoms with van der Waals surface area (Å²) in [5.74, 6) is 1.66. The molecule has 32 heavy (non-hydrogen) atoms. The van der Waals surface area contributed by atoms with Crippen LogP contribution < -0.4 is 9.47 Å². The molecule has 2 saturated heterocycles. The molecule has 0 aliphatic carbocycles. The normalized spacial score (nSPS) is 20.2. The number of halogens is 1. The second kappa shape index (κ2) is 11.5. The summed E-state index contributed by atoms with van der Waals surface area (Å²) in [6.07, 6.45) is 2.20. The summed E-state index contributed by atoms with van der Waals surface area (Å²) in [6, 6.07) is 17.5. The lowest BCUT2D eigenvalue weighted by Crippen LogP contribution is -2.56. The first-order chi connectivity index (χ1) is 15.7. The Labute approximate surface area is 195 Å². The molecule has 2 fully saturated rings. The summed E-state index contributed by atoms with van der Waals surface area (Å²) >= 11 is 5.90. The molecule has 6 nitrogen and oxygen atoms in total. The maximum Gasteiger partial charge on any atom is 0.260 e. The molecule has 0 radical (unpaired) electrons. The largest absolute Gasteiger partial charge is 0.492 e. The van der Waals surface area contributed by atoms with E-state index in [4.69, 9.17) is 21.1 Å². The molecule has 0 spiro atoms. The molecule has 0 bridgehead atoms. The number of piperazine rings is 1. The van der Waals surface area contributed by atoms with E-state index in [2.05, 4.69) is 9.80 Å². The lowest BCUT2D eigenvalue weighted by molar-refractivity contribution is -0.135. The smallest absolute Gasteiger partial charge is 0.260 e. The van der Waals surface area contributed by atoms with Gasteiger partial charge in [0, 0.05) is 56.9 Å². The van der Waals surface area contributed by atoms with Gasteiger partial charge in [-0.3, -0.25) is 14.6 Å². The maximum absolute atomic E-state index is 12.7. The predicted molar refractivity (Wildman–Crippen MR) is 126 cm³/mol. The minimum absolute atomic E-state index is 0.0568. The fourth-order valence-corrected chi connectivity index (χ4v) is 4.53. The van der Waals surface area contributed by atoms with Crippen molar-refractivity contribution in [1.29, 1.82) is 0 Å². The molecule has 2 aromatic rings. The maximum atomic E-state index is 12.7. The molecule has 0 aromatic heterocycles. The lowest BCUT2D eigenvalue weighted by atomic mass is 10.0. The van der Waals surface area contributed by atoms with Gasteiger partial charge in [-0.05, 0) is 49.2 Å². The van der Waals surface area contributed by atoms with E-state index in [1.165, 1.54) is 0 Å². The van der Waals surface area contributed by atoms with Crippen LogP contribution in [0.1, 0.15) is 12.8 Å². The van der Waals surface area contributed by atoms with Crippen LogP contribution in [0.2, 0.25) is 5.02 Å². The van der Waals surface area contributed by atoms with Crippen molar-refractivity contribution in [3.8, 4) is 11.5 Å². The molecule has 7 heteroatoms. The number of benzene rings is 2. The predicted octanol–water partition coefficient (Wildman–Crippen LogP) is 3.41. The highest BCUT2D eigenvalue weighted by atomic mass is 35.5. The third-order valence-corrected chi connectivity index (χ3v) is 6.52. The number of likely N-dealkylation sites (tertiary alicyclic amines) is 1. The Morgan fingerprint density at radius 3 is 2.38 bits per heavy atom. The summed E-state index contributed by atoms with van der Waals surface area (Å²) < 4.78 is 11.5. The number of carbonyl (C=O) groups is 1. The van der Waals surface area contributed by atoms with Crippen molar-refractivity contribution in [3.05, 3.63) is 59.6 Å². The fourth-order valence-electron chi connectivity index (χ4n) is 4.41. The van der Waals surface area contributed by atoms with Gasteiger partial charge in [0.2, 0.25) is 0 Å². The molecule has 2 aliphatic heterocycles. The van der Waals surface area contributed by atoms with Crippen molar-refractivity contribution < 1.29 is 14.3 Å². The highest BCUT2D eigenvalue weighted by Gasteiger charge is 2.30. The Morgan fingerprint density at radius 2 is 1.62 bits per heavy atom. The quantitative estimate of drug-likeness (QED) is 0.608. The van der Waals surface area contributed by atoms with Crippen LogP contribution in [0, 0.1) is 0 Å². The minimum atomic E-state index is 0.0568. The summed E-state index contributed by atoms with van der Waals surface area (Å²) in [5.41, 5.74) is 0. The number of rotatable bonds is 8. The van der Waals surface area contributed by atoms with Gasteiger partial charge in [0.05, 0.1) is 0 Å². The Hall–Kier alpha value is -2.28. The van der Waals surface area contributed by atoms with E-state index in [0.717, 1.165) is 64.4 Å². The zero-order valence-electron chi connectivity index (χ0n) is 18.5. The van der Waals surface area contributed by atoms with Crippen molar-refractivity contribution in [2.45, 2.75) is 18.9 Å². The number of para-hydroxylation sites is 1. The first-order valence-electron chi connectivity index (χ1n) is 11.5. The monoisotopic (exact) mass is 457 g/mol. The Bertz CT molecular complexity index is 841. The number of ether oxygens (including phenoxy) is 2. The minimum Gasteiger partial charge on any atom is -0.492 e. The average molecular weight is 458 g/mol. The first kappa shape index (κ1) is 22.9. The van der Waals surface area contributed by atoms with Gasteiger partial charge in [-0.1, -0.05) is 29.8 Å². The van der Waals surface area contributed by atoms with E-state index >= 15 is 0 Å². The van der Waals surface area contributed by atoms with E-state index in [1.807, 2.05) is 35.2 Å². The van der Waals surface area contributed by atoms with E-state index < -0.39 is 0 Å². The van der Waals surface area contributed by atoms with Gasteiger partial charge >= 0.3 is 0 Å². The molecule has 2 heterocycles. The van der Waals surface area contributed by atoms with Gasteiger partial charge in [-0.25, -0.2) is 0 Å². The molecule has 0 saturated carbocycles. The van der Waals surface area contributed by atoms with Gasteiger partial charge in [0.1, 0.15) is 18.1 Å². The zero-order chi connectivity index (χ0) is 22.2. The second-order valence-corrected chi connectivity index (χ2v) is 8.85. The summed E-state index contributed by atoms with van der Waals surface area (Å²) in [7, 11) is 0. The van der Waals surface area contributed by atoms with Crippen molar-refractivity contribution >= 4 is 17.5 Å². The van der Waals surface area contributed by atoms with Crippen molar-refractivity contribution in [2.75, 3.05) is 59.0 Å². The van der Waals surface area contributed by atoms with Crippen molar-refractivity contribution in [1.82, 2.24) is 14.7 Å². The van der Waals surface area contributed by atoms with E-state index in [1.54, 1.807) is 24.3 Å². The highest BCUT2D eigenvalue weighted by molar-refractivity contribution is 6.30. The first-order valence-corrected chi connectivity index (χ1v) is 11.9. The SMILES string of the molecule is O=C(COc1ccc(Cl)cc1)N1CCCC(N2CCN(CCOc3ccccc3)CC2)C1.